The van der Waals surface area contributed by atoms with E-state index in [2.05, 4.69) is 31.0 Å². The molecule has 2 aromatic rings. The van der Waals surface area contributed by atoms with E-state index >= 15 is 0 Å². The third kappa shape index (κ3) is 2.68. The van der Waals surface area contributed by atoms with Crippen molar-refractivity contribution in [2.45, 2.75) is 6.92 Å². The lowest BCUT2D eigenvalue weighted by Crippen LogP contribution is -2.04. The van der Waals surface area contributed by atoms with Gasteiger partial charge in [-0.2, -0.15) is 5.10 Å². The number of halogens is 1. The number of carbonyl (C=O) groups excluding carboxylic acids is 1. The number of aromatic nitrogens is 4. The number of esters is 1. The van der Waals surface area contributed by atoms with Crippen LogP contribution in [0.1, 0.15) is 17.3 Å². The number of hydrogen-bond acceptors (Lipinski definition) is 5. The molecule has 0 amide bonds. The predicted octanol–water partition coefficient (Wildman–Crippen LogP) is 1.60. The maximum absolute atomic E-state index is 11.4. The molecule has 0 aliphatic rings. The molecule has 0 atom stereocenters. The SMILES string of the molecule is CCOC(=O)c1cnn(-c2ncc(Br)cn2)c1. The third-order valence-electron chi connectivity index (χ3n) is 1.91. The standard InChI is InChI=1S/C10H9BrN4O2/c1-2-17-9(16)7-3-14-15(6-7)10-12-4-8(11)5-13-10/h3-6H,2H2,1H3. The van der Waals surface area contributed by atoms with Crippen molar-refractivity contribution in [2.75, 3.05) is 6.61 Å². The topological polar surface area (TPSA) is 69.9 Å². The number of carbonyl (C=O) groups is 1. The highest BCUT2D eigenvalue weighted by Gasteiger charge is 2.10. The molecule has 7 heteroatoms. The third-order valence-corrected chi connectivity index (χ3v) is 2.31. The first-order valence-corrected chi connectivity index (χ1v) is 5.69. The molecule has 0 saturated heterocycles. The Balaban J connectivity index is 2.23. The summed E-state index contributed by atoms with van der Waals surface area (Å²) in [4.78, 5) is 19.5. The largest absolute Gasteiger partial charge is 0.462 e. The fourth-order valence-corrected chi connectivity index (χ4v) is 1.38. The fourth-order valence-electron chi connectivity index (χ4n) is 1.18. The first-order valence-electron chi connectivity index (χ1n) is 4.90. The van der Waals surface area contributed by atoms with Gasteiger partial charge in [0.1, 0.15) is 0 Å². The molecule has 0 N–H and O–H groups in total. The summed E-state index contributed by atoms with van der Waals surface area (Å²) in [6, 6.07) is 0. The molecule has 0 spiro atoms. The van der Waals surface area contributed by atoms with E-state index in [1.54, 1.807) is 19.3 Å². The molecule has 6 nitrogen and oxygen atoms in total. The van der Waals surface area contributed by atoms with Crippen molar-refractivity contribution in [2.24, 2.45) is 0 Å². The minimum Gasteiger partial charge on any atom is -0.462 e. The summed E-state index contributed by atoms with van der Waals surface area (Å²) < 4.78 is 7.05. The van der Waals surface area contributed by atoms with E-state index in [9.17, 15) is 4.79 Å². The van der Waals surface area contributed by atoms with Gasteiger partial charge in [-0.05, 0) is 22.9 Å². The molecular weight excluding hydrogens is 288 g/mol. The van der Waals surface area contributed by atoms with Gasteiger partial charge in [-0.15, -0.1) is 0 Å². The predicted molar refractivity (Wildman–Crippen MR) is 62.8 cm³/mol. The molecule has 88 valence electrons. The summed E-state index contributed by atoms with van der Waals surface area (Å²) in [6.45, 7) is 2.08. The van der Waals surface area contributed by atoms with Gasteiger partial charge in [0.15, 0.2) is 0 Å². The second kappa shape index (κ2) is 5.05. The summed E-state index contributed by atoms with van der Waals surface area (Å²) in [5.74, 6) is -0.0142. The van der Waals surface area contributed by atoms with Crippen LogP contribution in [0.2, 0.25) is 0 Å². The van der Waals surface area contributed by atoms with E-state index in [0.717, 1.165) is 4.47 Å². The van der Waals surface area contributed by atoms with Gasteiger partial charge in [-0.1, -0.05) is 0 Å². The number of ether oxygens (including phenoxy) is 1. The highest BCUT2D eigenvalue weighted by Crippen LogP contribution is 2.08. The molecule has 0 bridgehead atoms. The fraction of sp³-hybridized carbons (Fsp3) is 0.200. The van der Waals surface area contributed by atoms with Crippen LogP contribution in [0.5, 0.6) is 0 Å². The van der Waals surface area contributed by atoms with Gasteiger partial charge >= 0.3 is 5.97 Å². The minimum absolute atomic E-state index is 0.332. The van der Waals surface area contributed by atoms with Gasteiger partial charge in [0.2, 0.25) is 0 Å². The lowest BCUT2D eigenvalue weighted by molar-refractivity contribution is 0.0526. The molecule has 0 fully saturated rings. The lowest BCUT2D eigenvalue weighted by Gasteiger charge is -1.98. The van der Waals surface area contributed by atoms with Gasteiger partial charge in [-0.25, -0.2) is 19.4 Å². The molecule has 2 rings (SSSR count). The molecule has 0 radical (unpaired) electrons. The van der Waals surface area contributed by atoms with E-state index in [4.69, 9.17) is 4.74 Å². The zero-order valence-electron chi connectivity index (χ0n) is 9.00. The monoisotopic (exact) mass is 296 g/mol. The zero-order valence-corrected chi connectivity index (χ0v) is 10.6. The smallest absolute Gasteiger partial charge is 0.341 e. The van der Waals surface area contributed by atoms with Crippen LogP contribution < -0.4 is 0 Å². The normalized spacial score (nSPS) is 10.2. The van der Waals surface area contributed by atoms with Gasteiger partial charge in [0.25, 0.3) is 5.95 Å². The quantitative estimate of drug-likeness (QED) is 0.805. The average Bonchev–Trinajstić information content (AvgIpc) is 2.80. The molecule has 0 aromatic carbocycles. The van der Waals surface area contributed by atoms with Crippen molar-refractivity contribution in [1.82, 2.24) is 19.7 Å². The van der Waals surface area contributed by atoms with Crippen LogP contribution in [0.3, 0.4) is 0 Å². The Hall–Kier alpha value is -1.76. The average molecular weight is 297 g/mol. The van der Waals surface area contributed by atoms with Crippen molar-refractivity contribution in [3.8, 4) is 5.95 Å². The zero-order chi connectivity index (χ0) is 12.3. The Bertz CT molecular complexity index is 523. The first kappa shape index (κ1) is 11.7. The van der Waals surface area contributed by atoms with Crippen molar-refractivity contribution < 1.29 is 9.53 Å². The van der Waals surface area contributed by atoms with E-state index in [1.807, 2.05) is 0 Å². The molecular formula is C10H9BrN4O2. The molecule has 17 heavy (non-hydrogen) atoms. The van der Waals surface area contributed by atoms with Crippen LogP contribution in [0.15, 0.2) is 29.3 Å². The van der Waals surface area contributed by atoms with Crippen molar-refractivity contribution in [3.63, 3.8) is 0 Å². The van der Waals surface area contributed by atoms with E-state index in [0.29, 0.717) is 18.1 Å². The summed E-state index contributed by atoms with van der Waals surface area (Å²) in [6.07, 6.45) is 6.16. The summed E-state index contributed by atoms with van der Waals surface area (Å²) >= 11 is 3.24. The highest BCUT2D eigenvalue weighted by molar-refractivity contribution is 9.10. The Morgan fingerprint density at radius 1 is 1.41 bits per heavy atom. The minimum atomic E-state index is -0.407. The van der Waals surface area contributed by atoms with Crippen LogP contribution in [-0.2, 0) is 4.74 Å². The number of hydrogen-bond donors (Lipinski definition) is 0. The maximum Gasteiger partial charge on any atom is 0.341 e. The molecule has 0 aliphatic carbocycles. The van der Waals surface area contributed by atoms with Gasteiger partial charge in [0, 0.05) is 18.6 Å². The number of nitrogens with zero attached hydrogens (tertiary/aromatic N) is 4. The van der Waals surface area contributed by atoms with Crippen LogP contribution in [0, 0.1) is 0 Å². The van der Waals surface area contributed by atoms with Crippen LogP contribution in [0.4, 0.5) is 0 Å². The Kier molecular flexibility index (Phi) is 3.48. The molecule has 2 heterocycles. The summed E-state index contributed by atoms with van der Waals surface area (Å²) in [5, 5.41) is 3.99. The van der Waals surface area contributed by atoms with Gasteiger partial charge in [-0.3, -0.25) is 0 Å². The van der Waals surface area contributed by atoms with E-state index in [-0.39, 0.29) is 0 Å². The first-order chi connectivity index (χ1) is 8.20. The highest BCUT2D eigenvalue weighted by atomic mass is 79.9. The van der Waals surface area contributed by atoms with E-state index in [1.165, 1.54) is 17.1 Å². The molecule has 0 aliphatic heterocycles. The van der Waals surface area contributed by atoms with Crippen molar-refractivity contribution in [3.05, 3.63) is 34.8 Å². The van der Waals surface area contributed by atoms with E-state index < -0.39 is 5.97 Å². The summed E-state index contributed by atoms with van der Waals surface area (Å²) in [5.41, 5.74) is 0.373. The van der Waals surface area contributed by atoms with Crippen LogP contribution in [0.25, 0.3) is 5.95 Å². The maximum atomic E-state index is 11.4. The summed E-state index contributed by atoms with van der Waals surface area (Å²) in [7, 11) is 0. The van der Waals surface area contributed by atoms with Crippen LogP contribution >= 0.6 is 15.9 Å². The van der Waals surface area contributed by atoms with Crippen LogP contribution in [-0.4, -0.2) is 32.3 Å². The lowest BCUT2D eigenvalue weighted by atomic mass is 10.4. The van der Waals surface area contributed by atoms with Crippen molar-refractivity contribution in [1.29, 1.82) is 0 Å². The van der Waals surface area contributed by atoms with Gasteiger partial charge < -0.3 is 4.74 Å². The van der Waals surface area contributed by atoms with Crippen molar-refractivity contribution >= 4 is 21.9 Å². The Labute approximate surface area is 106 Å². The molecule has 0 saturated carbocycles. The second-order valence-electron chi connectivity index (χ2n) is 3.10. The molecule has 0 unspecified atom stereocenters. The molecule has 2 aromatic heterocycles. The second-order valence-corrected chi connectivity index (χ2v) is 4.01. The Morgan fingerprint density at radius 2 is 2.12 bits per heavy atom. The van der Waals surface area contributed by atoms with Gasteiger partial charge in [0.05, 0.1) is 22.8 Å². The number of rotatable bonds is 3. The Morgan fingerprint density at radius 3 is 2.76 bits per heavy atom.